The second-order valence-corrected chi connectivity index (χ2v) is 9.28. The van der Waals surface area contributed by atoms with Gasteiger partial charge >= 0.3 is 0 Å². The number of non-ortho nitro benzene ring substituents is 1. The molecule has 6 nitrogen and oxygen atoms in total. The Hall–Kier alpha value is -3.01. The molecule has 4 rings (SSSR count). The molecule has 0 bridgehead atoms. The summed E-state index contributed by atoms with van der Waals surface area (Å²) in [6.07, 6.45) is 1.76. The highest BCUT2D eigenvalue weighted by Gasteiger charge is 2.33. The van der Waals surface area contributed by atoms with E-state index in [1.54, 1.807) is 6.08 Å². The van der Waals surface area contributed by atoms with Crippen molar-refractivity contribution in [3.05, 3.63) is 103 Å². The Balaban J connectivity index is 1.50. The molecule has 0 atom stereocenters. The van der Waals surface area contributed by atoms with Gasteiger partial charge in [0, 0.05) is 12.1 Å². The van der Waals surface area contributed by atoms with Crippen molar-refractivity contribution < 1.29 is 14.5 Å². The second kappa shape index (κ2) is 9.64. The van der Waals surface area contributed by atoms with Crippen LogP contribution < -0.4 is 9.64 Å². The summed E-state index contributed by atoms with van der Waals surface area (Å²) < 4.78 is 7.01. The first-order chi connectivity index (χ1) is 15.4. The molecule has 0 N–H and O–H groups in total. The van der Waals surface area contributed by atoms with Crippen LogP contribution in [-0.4, -0.2) is 15.2 Å². The van der Waals surface area contributed by atoms with Crippen LogP contribution in [-0.2, 0) is 11.4 Å². The first-order valence-corrected chi connectivity index (χ1v) is 11.4. The number of anilines is 1. The van der Waals surface area contributed by atoms with Gasteiger partial charge in [0.2, 0.25) is 0 Å². The van der Waals surface area contributed by atoms with E-state index in [1.165, 1.54) is 40.9 Å². The Labute approximate surface area is 202 Å². The number of nitrogens with zero attached hydrogens (tertiary/aromatic N) is 2. The Morgan fingerprint density at radius 1 is 1.09 bits per heavy atom. The zero-order chi connectivity index (χ0) is 22.7. The fourth-order valence-corrected chi connectivity index (χ4v) is 4.83. The van der Waals surface area contributed by atoms with Gasteiger partial charge in [0.05, 0.1) is 20.0 Å². The fraction of sp³-hybridized carbons (Fsp3) is 0.0435. The van der Waals surface area contributed by atoms with Crippen molar-refractivity contribution >= 4 is 67.6 Å². The van der Waals surface area contributed by atoms with Gasteiger partial charge in [-0.15, -0.1) is 0 Å². The van der Waals surface area contributed by atoms with Gasteiger partial charge in [-0.2, -0.15) is 0 Å². The first kappa shape index (κ1) is 22.2. The molecule has 0 saturated carbocycles. The lowest BCUT2D eigenvalue weighted by Gasteiger charge is -2.14. The van der Waals surface area contributed by atoms with Crippen molar-refractivity contribution in [3.63, 3.8) is 0 Å². The van der Waals surface area contributed by atoms with Crippen LogP contribution in [0.25, 0.3) is 6.08 Å². The Morgan fingerprint density at radius 3 is 2.47 bits per heavy atom. The van der Waals surface area contributed by atoms with Gasteiger partial charge in [0.15, 0.2) is 4.32 Å². The molecule has 1 aliphatic rings. The van der Waals surface area contributed by atoms with Crippen LogP contribution in [0.3, 0.4) is 0 Å². The van der Waals surface area contributed by atoms with Crippen LogP contribution in [0.4, 0.5) is 11.4 Å². The maximum atomic E-state index is 12.9. The standard InChI is InChI=1S/C23H15BrN2O4S2/c24-19-12-16(6-11-20(19)30-14-15-4-2-1-3-5-15)13-21-22(27)25(23(31)32-21)17-7-9-18(10-8-17)26(28)29/h1-13H,14H2/b21-13-. The van der Waals surface area contributed by atoms with Crippen LogP contribution in [0.15, 0.2) is 82.2 Å². The number of carbonyl (C=O) groups excluding carboxylic acids is 1. The van der Waals surface area contributed by atoms with Gasteiger partial charge in [0.25, 0.3) is 11.6 Å². The van der Waals surface area contributed by atoms with Crippen LogP contribution >= 0.6 is 39.9 Å². The maximum Gasteiger partial charge on any atom is 0.270 e. The second-order valence-electron chi connectivity index (χ2n) is 6.75. The number of rotatable bonds is 6. The van der Waals surface area contributed by atoms with Crippen molar-refractivity contribution in [3.8, 4) is 5.75 Å². The van der Waals surface area contributed by atoms with Crippen molar-refractivity contribution in [1.82, 2.24) is 0 Å². The maximum absolute atomic E-state index is 12.9. The summed E-state index contributed by atoms with van der Waals surface area (Å²) in [6, 6.07) is 21.2. The van der Waals surface area contributed by atoms with Crippen LogP contribution in [0.1, 0.15) is 11.1 Å². The molecule has 1 fully saturated rings. The molecule has 0 aliphatic carbocycles. The van der Waals surface area contributed by atoms with E-state index in [2.05, 4.69) is 15.9 Å². The number of nitro benzene ring substituents is 1. The smallest absolute Gasteiger partial charge is 0.270 e. The minimum atomic E-state index is -0.487. The third-order valence-corrected chi connectivity index (χ3v) is 6.53. The number of hydrogen-bond donors (Lipinski definition) is 0. The summed E-state index contributed by atoms with van der Waals surface area (Å²) in [6.45, 7) is 0.451. The number of thioether (sulfide) groups is 1. The number of ether oxygens (including phenoxy) is 1. The van der Waals surface area contributed by atoms with E-state index in [0.29, 0.717) is 27.3 Å². The summed E-state index contributed by atoms with van der Waals surface area (Å²) in [5.41, 5.74) is 2.33. The minimum absolute atomic E-state index is 0.0471. The zero-order valence-electron chi connectivity index (χ0n) is 16.4. The molecule has 0 aromatic heterocycles. The van der Waals surface area contributed by atoms with Crippen LogP contribution in [0.2, 0.25) is 0 Å². The van der Waals surface area contributed by atoms with E-state index in [0.717, 1.165) is 15.6 Å². The SMILES string of the molecule is O=C1/C(=C/c2ccc(OCc3ccccc3)c(Br)c2)SC(=S)N1c1ccc([N+](=O)[O-])cc1. The zero-order valence-corrected chi connectivity index (χ0v) is 19.7. The number of hydrogen-bond acceptors (Lipinski definition) is 6. The molecular formula is C23H15BrN2O4S2. The van der Waals surface area contributed by atoms with Gasteiger partial charge in [0.1, 0.15) is 12.4 Å². The van der Waals surface area contributed by atoms with Gasteiger partial charge in [-0.3, -0.25) is 19.8 Å². The molecule has 1 amide bonds. The van der Waals surface area contributed by atoms with E-state index in [9.17, 15) is 14.9 Å². The lowest BCUT2D eigenvalue weighted by Crippen LogP contribution is -2.27. The molecular weight excluding hydrogens is 512 g/mol. The van der Waals surface area contributed by atoms with Crippen molar-refractivity contribution in [2.45, 2.75) is 6.61 Å². The fourth-order valence-electron chi connectivity index (χ4n) is 3.02. The molecule has 0 radical (unpaired) electrons. The molecule has 9 heteroatoms. The molecule has 32 heavy (non-hydrogen) atoms. The quantitative estimate of drug-likeness (QED) is 0.161. The summed E-state index contributed by atoms with van der Waals surface area (Å²) in [7, 11) is 0. The van der Waals surface area contributed by atoms with Gasteiger partial charge in [-0.1, -0.05) is 60.4 Å². The van der Waals surface area contributed by atoms with E-state index < -0.39 is 4.92 Å². The Bertz CT molecular complexity index is 1230. The average Bonchev–Trinajstić information content (AvgIpc) is 3.06. The monoisotopic (exact) mass is 526 g/mol. The van der Waals surface area contributed by atoms with Crippen molar-refractivity contribution in [2.75, 3.05) is 4.90 Å². The van der Waals surface area contributed by atoms with Gasteiger partial charge < -0.3 is 4.74 Å². The van der Waals surface area contributed by atoms with Crippen molar-refractivity contribution in [2.24, 2.45) is 0 Å². The van der Waals surface area contributed by atoms with E-state index in [1.807, 2.05) is 48.5 Å². The lowest BCUT2D eigenvalue weighted by molar-refractivity contribution is -0.384. The number of carbonyl (C=O) groups is 1. The summed E-state index contributed by atoms with van der Waals surface area (Å²) in [5, 5.41) is 10.9. The van der Waals surface area contributed by atoms with E-state index in [4.69, 9.17) is 17.0 Å². The van der Waals surface area contributed by atoms with E-state index >= 15 is 0 Å². The minimum Gasteiger partial charge on any atom is -0.488 e. The van der Waals surface area contributed by atoms with Crippen molar-refractivity contribution in [1.29, 1.82) is 0 Å². The average molecular weight is 527 g/mol. The largest absolute Gasteiger partial charge is 0.488 e. The van der Waals surface area contributed by atoms with Gasteiger partial charge in [-0.05, 0) is 57.4 Å². The number of amides is 1. The Morgan fingerprint density at radius 2 is 1.81 bits per heavy atom. The predicted molar refractivity (Wildman–Crippen MR) is 134 cm³/mol. The topological polar surface area (TPSA) is 72.7 Å². The molecule has 1 saturated heterocycles. The summed E-state index contributed by atoms with van der Waals surface area (Å²) in [4.78, 5) is 25.1. The number of benzene rings is 3. The Kier molecular flexibility index (Phi) is 6.69. The highest BCUT2D eigenvalue weighted by molar-refractivity contribution is 9.10. The third kappa shape index (κ3) is 4.90. The number of nitro groups is 1. The van der Waals surface area contributed by atoms with Crippen LogP contribution in [0.5, 0.6) is 5.75 Å². The molecule has 3 aromatic rings. The molecule has 1 aliphatic heterocycles. The third-order valence-electron chi connectivity index (χ3n) is 4.60. The first-order valence-electron chi connectivity index (χ1n) is 9.41. The normalized spacial score (nSPS) is 14.8. The molecule has 0 unspecified atom stereocenters. The van der Waals surface area contributed by atoms with Crippen LogP contribution in [0, 0.1) is 10.1 Å². The molecule has 0 spiro atoms. The highest BCUT2D eigenvalue weighted by atomic mass is 79.9. The lowest BCUT2D eigenvalue weighted by atomic mass is 10.2. The van der Waals surface area contributed by atoms with E-state index in [-0.39, 0.29) is 11.6 Å². The number of thiocarbonyl (C=S) groups is 1. The predicted octanol–water partition coefficient (Wildman–Crippen LogP) is 6.34. The number of halogens is 1. The molecule has 1 heterocycles. The molecule has 3 aromatic carbocycles. The summed E-state index contributed by atoms with van der Waals surface area (Å²) >= 11 is 10.1. The summed E-state index contributed by atoms with van der Waals surface area (Å²) in [5.74, 6) is 0.429. The molecule has 160 valence electrons. The van der Waals surface area contributed by atoms with Gasteiger partial charge in [-0.25, -0.2) is 0 Å². The highest BCUT2D eigenvalue weighted by Crippen LogP contribution is 2.37.